The van der Waals surface area contributed by atoms with Crippen molar-refractivity contribution >= 4 is 10.0 Å². The van der Waals surface area contributed by atoms with Gasteiger partial charge in [0.05, 0.1) is 6.26 Å². The van der Waals surface area contributed by atoms with Crippen molar-refractivity contribution in [1.29, 1.82) is 0 Å². The first-order valence-electron chi connectivity index (χ1n) is 7.36. The second kappa shape index (κ2) is 6.52. The van der Waals surface area contributed by atoms with Crippen LogP contribution in [0.4, 0.5) is 0 Å². The molecule has 2 atom stereocenters. The summed E-state index contributed by atoms with van der Waals surface area (Å²) in [6, 6.07) is 0. The first kappa shape index (κ1) is 15.2. The van der Waals surface area contributed by atoms with Gasteiger partial charge < -0.3 is 10.6 Å². The lowest BCUT2D eigenvalue weighted by atomic mass is 9.99. The highest BCUT2D eigenvalue weighted by molar-refractivity contribution is 7.88. The maximum Gasteiger partial charge on any atom is 0.211 e. The predicted octanol–water partition coefficient (Wildman–Crippen LogP) is 0.329. The van der Waals surface area contributed by atoms with E-state index >= 15 is 0 Å². The first-order valence-corrected chi connectivity index (χ1v) is 9.21. The van der Waals surface area contributed by atoms with E-state index < -0.39 is 10.0 Å². The van der Waals surface area contributed by atoms with E-state index in [-0.39, 0.29) is 0 Å². The van der Waals surface area contributed by atoms with Crippen LogP contribution in [0.2, 0.25) is 0 Å². The van der Waals surface area contributed by atoms with Gasteiger partial charge >= 0.3 is 0 Å². The molecule has 0 saturated carbocycles. The maximum atomic E-state index is 11.6. The monoisotopic (exact) mass is 289 g/mol. The number of piperidine rings is 1. The van der Waals surface area contributed by atoms with Gasteiger partial charge in [-0.15, -0.1) is 0 Å². The van der Waals surface area contributed by atoms with Gasteiger partial charge in [0, 0.05) is 26.2 Å². The molecule has 2 heterocycles. The van der Waals surface area contributed by atoms with E-state index in [4.69, 9.17) is 5.73 Å². The number of nitrogens with zero attached hydrogens (tertiary/aromatic N) is 2. The summed E-state index contributed by atoms with van der Waals surface area (Å²) >= 11 is 0. The zero-order valence-electron chi connectivity index (χ0n) is 11.9. The van der Waals surface area contributed by atoms with E-state index in [9.17, 15) is 8.42 Å². The van der Waals surface area contributed by atoms with Gasteiger partial charge in [-0.2, -0.15) is 0 Å². The molecule has 5 nitrogen and oxygen atoms in total. The number of sulfonamides is 1. The second-order valence-electron chi connectivity index (χ2n) is 6.12. The van der Waals surface area contributed by atoms with Crippen molar-refractivity contribution in [2.24, 2.45) is 17.6 Å². The van der Waals surface area contributed by atoms with Crippen molar-refractivity contribution in [2.75, 3.05) is 45.5 Å². The molecule has 2 aliphatic heterocycles. The van der Waals surface area contributed by atoms with Gasteiger partial charge in [-0.05, 0) is 50.6 Å². The number of hydrogen-bond acceptors (Lipinski definition) is 4. The van der Waals surface area contributed by atoms with Gasteiger partial charge in [-0.25, -0.2) is 12.7 Å². The van der Waals surface area contributed by atoms with Crippen LogP contribution in [0.5, 0.6) is 0 Å². The van der Waals surface area contributed by atoms with Gasteiger partial charge in [0.1, 0.15) is 0 Å². The summed E-state index contributed by atoms with van der Waals surface area (Å²) in [6.45, 7) is 5.53. The quantitative estimate of drug-likeness (QED) is 0.792. The van der Waals surface area contributed by atoms with Crippen molar-refractivity contribution in [3.8, 4) is 0 Å². The van der Waals surface area contributed by atoms with Crippen LogP contribution in [0.1, 0.15) is 25.7 Å². The van der Waals surface area contributed by atoms with Crippen molar-refractivity contribution < 1.29 is 8.42 Å². The molecule has 2 fully saturated rings. The highest BCUT2D eigenvalue weighted by atomic mass is 32.2. The SMILES string of the molecule is CS(=O)(=O)N1CCCC(CN2CCC(CCN)C2)C1. The Kier molecular flexibility index (Phi) is 5.22. The molecule has 2 rings (SSSR count). The molecule has 0 bridgehead atoms. The van der Waals surface area contributed by atoms with Crippen LogP contribution < -0.4 is 5.73 Å². The molecule has 19 heavy (non-hydrogen) atoms. The fourth-order valence-electron chi connectivity index (χ4n) is 3.39. The Hall–Kier alpha value is -0.170. The lowest BCUT2D eigenvalue weighted by Gasteiger charge is -2.33. The molecule has 2 aliphatic rings. The standard InChI is InChI=1S/C13H27N3O2S/c1-19(17,18)16-7-2-3-13(11-16)10-15-8-5-12(9-15)4-6-14/h12-13H,2-11,14H2,1H3. The summed E-state index contributed by atoms with van der Waals surface area (Å²) < 4.78 is 24.9. The van der Waals surface area contributed by atoms with Crippen molar-refractivity contribution in [3.63, 3.8) is 0 Å². The third-order valence-corrected chi connectivity index (χ3v) is 5.68. The van der Waals surface area contributed by atoms with Crippen LogP contribution in [0.15, 0.2) is 0 Å². The molecule has 0 aliphatic carbocycles. The molecule has 0 radical (unpaired) electrons. The lowest BCUT2D eigenvalue weighted by Crippen LogP contribution is -2.43. The van der Waals surface area contributed by atoms with Crippen molar-refractivity contribution in [3.05, 3.63) is 0 Å². The Bertz CT molecular complexity index is 385. The second-order valence-corrected chi connectivity index (χ2v) is 8.10. The van der Waals surface area contributed by atoms with Gasteiger partial charge in [0.15, 0.2) is 0 Å². The van der Waals surface area contributed by atoms with Crippen LogP contribution in [0.3, 0.4) is 0 Å². The normalized spacial score (nSPS) is 30.8. The van der Waals surface area contributed by atoms with E-state index in [1.807, 2.05) is 0 Å². The number of nitrogens with two attached hydrogens (primary N) is 1. The summed E-state index contributed by atoms with van der Waals surface area (Å²) in [5.74, 6) is 1.25. The molecule has 2 saturated heterocycles. The van der Waals surface area contributed by atoms with Gasteiger partial charge in [0.2, 0.25) is 10.0 Å². The summed E-state index contributed by atoms with van der Waals surface area (Å²) in [6.07, 6.45) is 5.85. The lowest BCUT2D eigenvalue weighted by molar-refractivity contribution is 0.196. The van der Waals surface area contributed by atoms with Gasteiger partial charge in [-0.1, -0.05) is 0 Å². The fraction of sp³-hybridized carbons (Fsp3) is 1.00. The van der Waals surface area contributed by atoms with Crippen LogP contribution in [-0.4, -0.2) is 63.1 Å². The molecule has 0 aromatic carbocycles. The molecule has 0 aromatic rings. The van der Waals surface area contributed by atoms with Crippen molar-refractivity contribution in [1.82, 2.24) is 9.21 Å². The molecule has 0 spiro atoms. The van der Waals surface area contributed by atoms with Gasteiger partial charge in [0.25, 0.3) is 0 Å². The molecule has 6 heteroatoms. The third-order valence-electron chi connectivity index (χ3n) is 4.41. The summed E-state index contributed by atoms with van der Waals surface area (Å²) in [4.78, 5) is 2.50. The van der Waals surface area contributed by atoms with E-state index in [0.29, 0.717) is 19.0 Å². The van der Waals surface area contributed by atoms with E-state index in [2.05, 4.69) is 4.90 Å². The Morgan fingerprint density at radius 1 is 1.16 bits per heavy atom. The molecule has 112 valence electrons. The Morgan fingerprint density at radius 3 is 2.63 bits per heavy atom. The number of rotatable bonds is 5. The van der Waals surface area contributed by atoms with E-state index in [1.54, 1.807) is 4.31 Å². The molecule has 0 amide bonds. The molecular formula is C13H27N3O2S. The molecule has 2 N–H and O–H groups in total. The highest BCUT2D eigenvalue weighted by Gasteiger charge is 2.29. The largest absolute Gasteiger partial charge is 0.330 e. The average molecular weight is 289 g/mol. The molecular weight excluding hydrogens is 262 g/mol. The Balaban J connectivity index is 1.80. The molecule has 2 unspecified atom stereocenters. The third kappa shape index (κ3) is 4.41. The van der Waals surface area contributed by atoms with Gasteiger partial charge in [-0.3, -0.25) is 0 Å². The number of likely N-dealkylation sites (tertiary alicyclic amines) is 1. The summed E-state index contributed by atoms with van der Waals surface area (Å²) in [7, 11) is -3.01. The molecule has 0 aromatic heterocycles. The highest BCUT2D eigenvalue weighted by Crippen LogP contribution is 2.24. The minimum atomic E-state index is -3.01. The van der Waals surface area contributed by atoms with Crippen LogP contribution in [-0.2, 0) is 10.0 Å². The van der Waals surface area contributed by atoms with E-state index in [1.165, 1.54) is 12.7 Å². The zero-order valence-corrected chi connectivity index (χ0v) is 12.7. The maximum absolute atomic E-state index is 11.6. The van der Waals surface area contributed by atoms with Crippen LogP contribution in [0.25, 0.3) is 0 Å². The van der Waals surface area contributed by atoms with Crippen molar-refractivity contribution in [2.45, 2.75) is 25.7 Å². The fourth-order valence-corrected chi connectivity index (χ4v) is 4.33. The number of hydrogen-bond donors (Lipinski definition) is 1. The first-order chi connectivity index (χ1) is 8.99. The minimum absolute atomic E-state index is 0.500. The van der Waals surface area contributed by atoms with E-state index in [0.717, 1.165) is 51.4 Å². The minimum Gasteiger partial charge on any atom is -0.330 e. The Labute approximate surface area is 117 Å². The Morgan fingerprint density at radius 2 is 1.95 bits per heavy atom. The average Bonchev–Trinajstić information content (AvgIpc) is 2.76. The van der Waals surface area contributed by atoms with Crippen LogP contribution in [0, 0.1) is 11.8 Å². The topological polar surface area (TPSA) is 66.6 Å². The smallest absolute Gasteiger partial charge is 0.211 e. The summed E-state index contributed by atoms with van der Waals surface area (Å²) in [5.41, 5.74) is 5.61. The predicted molar refractivity (Wildman–Crippen MR) is 77.4 cm³/mol. The van der Waals surface area contributed by atoms with Crippen LogP contribution >= 0.6 is 0 Å². The summed E-state index contributed by atoms with van der Waals surface area (Å²) in [5, 5.41) is 0. The zero-order chi connectivity index (χ0) is 13.9.